The highest BCUT2D eigenvalue weighted by molar-refractivity contribution is 8.01. The predicted octanol–water partition coefficient (Wildman–Crippen LogP) is 2.39. The van der Waals surface area contributed by atoms with Gasteiger partial charge in [0.1, 0.15) is 0 Å². The first-order chi connectivity index (χ1) is 6.84. The number of hydrogen-bond acceptors (Lipinski definition) is 5. The molecule has 1 aromatic rings. The van der Waals surface area contributed by atoms with E-state index in [2.05, 4.69) is 4.98 Å². The summed E-state index contributed by atoms with van der Waals surface area (Å²) in [6.07, 6.45) is 5.98. The van der Waals surface area contributed by atoms with E-state index in [1.165, 1.54) is 23.5 Å². The maximum absolute atomic E-state index is 5.64. The summed E-state index contributed by atoms with van der Waals surface area (Å²) >= 11 is 3.35. The van der Waals surface area contributed by atoms with E-state index >= 15 is 0 Å². The van der Waals surface area contributed by atoms with Gasteiger partial charge in [-0.25, -0.2) is 4.98 Å². The first-order valence-corrected chi connectivity index (χ1v) is 6.60. The van der Waals surface area contributed by atoms with Gasteiger partial charge >= 0.3 is 0 Å². The van der Waals surface area contributed by atoms with Crippen LogP contribution in [0.15, 0.2) is 10.4 Å². The highest BCUT2D eigenvalue weighted by Gasteiger charge is 2.14. The van der Waals surface area contributed by atoms with E-state index in [0.717, 1.165) is 12.4 Å². The van der Waals surface area contributed by atoms with Gasteiger partial charge < -0.3 is 10.5 Å². The minimum atomic E-state index is 0.428. The maximum atomic E-state index is 5.64. The Morgan fingerprint density at radius 1 is 1.64 bits per heavy atom. The SMILES string of the molecule is Nc1ncc(SCC2CCCCO2)s1. The standard InChI is InChI=1S/C9H14N2OS2/c10-9-11-5-8(14-9)13-6-7-3-1-2-4-12-7/h5,7H,1-4,6H2,(H2,10,11). The number of nitrogens with two attached hydrogens (primary N) is 1. The van der Waals surface area contributed by atoms with Gasteiger partial charge in [-0.2, -0.15) is 0 Å². The summed E-state index contributed by atoms with van der Waals surface area (Å²) in [7, 11) is 0. The molecule has 0 radical (unpaired) electrons. The van der Waals surface area contributed by atoms with Crippen molar-refractivity contribution in [3.05, 3.63) is 6.20 Å². The summed E-state index contributed by atoms with van der Waals surface area (Å²) in [6, 6.07) is 0. The van der Waals surface area contributed by atoms with E-state index in [0.29, 0.717) is 11.2 Å². The molecule has 0 aromatic carbocycles. The summed E-state index contributed by atoms with van der Waals surface area (Å²) < 4.78 is 6.83. The number of aromatic nitrogens is 1. The molecule has 2 heterocycles. The molecule has 2 rings (SSSR count). The normalized spacial score (nSPS) is 22.4. The molecule has 14 heavy (non-hydrogen) atoms. The number of hydrogen-bond donors (Lipinski definition) is 1. The molecule has 3 nitrogen and oxygen atoms in total. The minimum absolute atomic E-state index is 0.428. The Bertz CT molecular complexity index is 284. The molecule has 1 saturated heterocycles. The van der Waals surface area contributed by atoms with Gasteiger partial charge in [0.05, 0.1) is 16.5 Å². The van der Waals surface area contributed by atoms with Gasteiger partial charge in [-0.15, -0.1) is 11.8 Å². The van der Waals surface area contributed by atoms with Gasteiger partial charge in [-0.05, 0) is 19.3 Å². The van der Waals surface area contributed by atoms with Crippen LogP contribution in [-0.2, 0) is 4.74 Å². The quantitative estimate of drug-likeness (QED) is 0.810. The van der Waals surface area contributed by atoms with Crippen molar-refractivity contribution in [1.82, 2.24) is 4.98 Å². The summed E-state index contributed by atoms with van der Waals surface area (Å²) in [5.41, 5.74) is 5.55. The van der Waals surface area contributed by atoms with Crippen molar-refractivity contribution in [2.45, 2.75) is 29.6 Å². The Morgan fingerprint density at radius 3 is 3.21 bits per heavy atom. The van der Waals surface area contributed by atoms with Crippen molar-refractivity contribution in [2.24, 2.45) is 0 Å². The van der Waals surface area contributed by atoms with Crippen LogP contribution in [-0.4, -0.2) is 23.4 Å². The Hall–Kier alpha value is -0.260. The van der Waals surface area contributed by atoms with Crippen LogP contribution in [0.25, 0.3) is 0 Å². The van der Waals surface area contributed by atoms with E-state index in [1.54, 1.807) is 23.1 Å². The summed E-state index contributed by atoms with van der Waals surface area (Å²) in [5.74, 6) is 1.03. The largest absolute Gasteiger partial charge is 0.377 e. The molecule has 78 valence electrons. The van der Waals surface area contributed by atoms with Crippen LogP contribution in [0.2, 0.25) is 0 Å². The summed E-state index contributed by atoms with van der Waals surface area (Å²) in [5, 5.41) is 0.650. The molecule has 2 N–H and O–H groups in total. The zero-order valence-electron chi connectivity index (χ0n) is 7.94. The molecular weight excluding hydrogens is 216 g/mol. The van der Waals surface area contributed by atoms with E-state index in [-0.39, 0.29) is 0 Å². The number of thiazole rings is 1. The molecule has 0 amide bonds. The lowest BCUT2D eigenvalue weighted by Crippen LogP contribution is -2.21. The fraction of sp³-hybridized carbons (Fsp3) is 0.667. The van der Waals surface area contributed by atoms with Gasteiger partial charge in [-0.1, -0.05) is 11.3 Å². The van der Waals surface area contributed by atoms with Crippen LogP contribution in [0.4, 0.5) is 5.13 Å². The first-order valence-electron chi connectivity index (χ1n) is 4.80. The number of thioether (sulfide) groups is 1. The monoisotopic (exact) mass is 230 g/mol. The Morgan fingerprint density at radius 2 is 2.57 bits per heavy atom. The van der Waals surface area contributed by atoms with Crippen LogP contribution in [0.1, 0.15) is 19.3 Å². The minimum Gasteiger partial charge on any atom is -0.377 e. The first kappa shape index (κ1) is 10.3. The second kappa shape index (κ2) is 5.00. The molecule has 5 heteroatoms. The van der Waals surface area contributed by atoms with Crippen molar-refractivity contribution in [1.29, 1.82) is 0 Å². The lowest BCUT2D eigenvalue weighted by Gasteiger charge is -2.21. The summed E-state index contributed by atoms with van der Waals surface area (Å²) in [6.45, 7) is 0.927. The molecular formula is C9H14N2OS2. The molecule has 1 aromatic heterocycles. The molecule has 1 aliphatic rings. The Kier molecular flexibility index (Phi) is 3.67. The van der Waals surface area contributed by atoms with Crippen molar-refractivity contribution >= 4 is 28.2 Å². The third kappa shape index (κ3) is 2.87. The molecule has 1 unspecified atom stereocenters. The third-order valence-electron chi connectivity index (χ3n) is 2.19. The van der Waals surface area contributed by atoms with Gasteiger partial charge in [0.15, 0.2) is 5.13 Å². The van der Waals surface area contributed by atoms with E-state index in [1.807, 2.05) is 6.20 Å². The van der Waals surface area contributed by atoms with Crippen molar-refractivity contribution in [3.63, 3.8) is 0 Å². The lowest BCUT2D eigenvalue weighted by molar-refractivity contribution is 0.0315. The highest BCUT2D eigenvalue weighted by atomic mass is 32.2. The van der Waals surface area contributed by atoms with Crippen molar-refractivity contribution in [3.8, 4) is 0 Å². The van der Waals surface area contributed by atoms with Crippen LogP contribution < -0.4 is 5.73 Å². The maximum Gasteiger partial charge on any atom is 0.181 e. The predicted molar refractivity (Wildman–Crippen MR) is 60.8 cm³/mol. The van der Waals surface area contributed by atoms with Gasteiger partial charge in [-0.3, -0.25) is 0 Å². The number of ether oxygens (including phenoxy) is 1. The topological polar surface area (TPSA) is 48.1 Å². The molecule has 1 atom stereocenters. The fourth-order valence-electron chi connectivity index (χ4n) is 1.45. The lowest BCUT2D eigenvalue weighted by atomic mass is 10.1. The highest BCUT2D eigenvalue weighted by Crippen LogP contribution is 2.28. The molecule has 0 spiro atoms. The molecule has 0 aliphatic carbocycles. The average Bonchev–Trinajstić information content (AvgIpc) is 2.63. The Labute approximate surface area is 92.1 Å². The third-order valence-corrected chi connectivity index (χ3v) is 4.34. The van der Waals surface area contributed by atoms with Crippen molar-refractivity contribution in [2.75, 3.05) is 18.1 Å². The molecule has 0 saturated carbocycles. The van der Waals surface area contributed by atoms with Crippen LogP contribution >= 0.6 is 23.1 Å². The zero-order chi connectivity index (χ0) is 9.80. The van der Waals surface area contributed by atoms with Gasteiger partial charge in [0.25, 0.3) is 0 Å². The van der Waals surface area contributed by atoms with Crippen LogP contribution in [0.3, 0.4) is 0 Å². The smallest absolute Gasteiger partial charge is 0.181 e. The van der Waals surface area contributed by atoms with Gasteiger partial charge in [0, 0.05) is 12.4 Å². The second-order valence-electron chi connectivity index (χ2n) is 3.32. The number of rotatable bonds is 3. The summed E-state index contributed by atoms with van der Waals surface area (Å²) in [4.78, 5) is 4.02. The molecule has 1 fully saturated rings. The van der Waals surface area contributed by atoms with Crippen LogP contribution in [0, 0.1) is 0 Å². The molecule has 1 aliphatic heterocycles. The average molecular weight is 230 g/mol. The van der Waals surface area contributed by atoms with E-state index in [9.17, 15) is 0 Å². The Balaban J connectivity index is 1.76. The number of nitrogen functional groups attached to an aromatic ring is 1. The van der Waals surface area contributed by atoms with Crippen LogP contribution in [0.5, 0.6) is 0 Å². The second-order valence-corrected chi connectivity index (χ2v) is 5.70. The van der Waals surface area contributed by atoms with E-state index < -0.39 is 0 Å². The van der Waals surface area contributed by atoms with Crippen molar-refractivity contribution < 1.29 is 4.74 Å². The fourth-order valence-corrected chi connectivity index (χ4v) is 3.31. The number of nitrogens with zero attached hydrogens (tertiary/aromatic N) is 1. The number of anilines is 1. The molecule has 0 bridgehead atoms. The zero-order valence-corrected chi connectivity index (χ0v) is 9.57. The van der Waals surface area contributed by atoms with Gasteiger partial charge in [0.2, 0.25) is 0 Å². The van der Waals surface area contributed by atoms with E-state index in [4.69, 9.17) is 10.5 Å².